The number of fused-ring (bicyclic) bond motifs is 1. The lowest BCUT2D eigenvalue weighted by Crippen LogP contribution is -2.28. The van der Waals surface area contributed by atoms with Gasteiger partial charge in [0.1, 0.15) is 0 Å². The van der Waals surface area contributed by atoms with Crippen LogP contribution < -0.4 is 4.90 Å². The molecule has 0 aliphatic carbocycles. The lowest BCUT2D eigenvalue weighted by atomic mass is 10.2. The molecule has 6 heteroatoms. The Kier molecular flexibility index (Phi) is 3.90. The van der Waals surface area contributed by atoms with Crippen LogP contribution in [0.4, 0.5) is 5.82 Å². The zero-order chi connectivity index (χ0) is 14.0. The van der Waals surface area contributed by atoms with Crippen LogP contribution in [0.2, 0.25) is 0 Å². The monoisotopic (exact) mass is 279 g/mol. The molecule has 2 heterocycles. The molecule has 102 valence electrons. The fourth-order valence-corrected chi connectivity index (χ4v) is 2.56. The highest BCUT2D eigenvalue weighted by molar-refractivity contribution is 7.15. The summed E-state index contributed by atoms with van der Waals surface area (Å²) in [6, 6.07) is 0.349. The van der Waals surface area contributed by atoms with Gasteiger partial charge in [0.15, 0.2) is 10.8 Å². The molecule has 19 heavy (non-hydrogen) atoms. The first-order chi connectivity index (χ1) is 9.04. The number of anilines is 1. The largest absolute Gasteiger partial charge is 0.478 e. The molecule has 1 unspecified atom stereocenters. The topological polar surface area (TPSA) is 57.8 Å². The van der Waals surface area contributed by atoms with Crippen molar-refractivity contribution in [3.63, 3.8) is 0 Å². The van der Waals surface area contributed by atoms with Crippen LogP contribution in [-0.4, -0.2) is 33.6 Å². The zero-order valence-corrected chi connectivity index (χ0v) is 12.0. The van der Waals surface area contributed by atoms with E-state index in [0.29, 0.717) is 6.04 Å². The highest BCUT2D eigenvalue weighted by Gasteiger charge is 2.17. The van der Waals surface area contributed by atoms with E-state index in [-0.39, 0.29) is 0 Å². The first-order valence-electron chi connectivity index (χ1n) is 6.14. The lowest BCUT2D eigenvalue weighted by Gasteiger charge is -2.24. The number of hydrogen-bond acceptors (Lipinski definition) is 4. The molecule has 0 saturated heterocycles. The molecule has 2 rings (SSSR count). The summed E-state index contributed by atoms with van der Waals surface area (Å²) in [5.74, 6) is -0.138. The third kappa shape index (κ3) is 2.63. The fraction of sp³-hybridized carbons (Fsp3) is 0.385. The van der Waals surface area contributed by atoms with Crippen LogP contribution in [0.25, 0.3) is 11.0 Å². The second-order valence-electron chi connectivity index (χ2n) is 4.42. The van der Waals surface area contributed by atoms with E-state index in [4.69, 9.17) is 5.11 Å². The van der Waals surface area contributed by atoms with Crippen LogP contribution in [0.5, 0.6) is 0 Å². The highest BCUT2D eigenvalue weighted by atomic mass is 32.1. The molecule has 0 aromatic carbocycles. The third-order valence-corrected chi connectivity index (χ3v) is 4.01. The molecule has 1 N–H and O–H groups in total. The van der Waals surface area contributed by atoms with Crippen molar-refractivity contribution in [1.29, 1.82) is 0 Å². The Morgan fingerprint density at radius 2 is 2.42 bits per heavy atom. The van der Waals surface area contributed by atoms with Gasteiger partial charge < -0.3 is 10.0 Å². The van der Waals surface area contributed by atoms with E-state index in [1.807, 2.05) is 23.0 Å². The maximum atomic E-state index is 10.7. The molecule has 0 aliphatic heterocycles. The minimum Gasteiger partial charge on any atom is -0.478 e. The molecule has 0 spiro atoms. The summed E-state index contributed by atoms with van der Waals surface area (Å²) in [5, 5.41) is 10.7. The maximum Gasteiger partial charge on any atom is 0.328 e. The fourth-order valence-electron chi connectivity index (χ4n) is 1.84. The molecule has 0 amide bonds. The van der Waals surface area contributed by atoms with Gasteiger partial charge in [-0.05, 0) is 19.4 Å². The summed E-state index contributed by atoms with van der Waals surface area (Å²) >= 11 is 1.54. The van der Waals surface area contributed by atoms with Crippen molar-refractivity contribution in [2.75, 3.05) is 11.9 Å². The lowest BCUT2D eigenvalue weighted by molar-refractivity contribution is -0.131. The summed E-state index contributed by atoms with van der Waals surface area (Å²) in [7, 11) is 1.98. The number of aromatic nitrogens is 2. The average Bonchev–Trinajstić information content (AvgIpc) is 2.94. The van der Waals surface area contributed by atoms with Crippen LogP contribution >= 0.6 is 11.3 Å². The van der Waals surface area contributed by atoms with Crippen LogP contribution in [-0.2, 0) is 4.79 Å². The Morgan fingerprint density at radius 1 is 1.68 bits per heavy atom. The van der Waals surface area contributed by atoms with Crippen molar-refractivity contribution in [1.82, 2.24) is 9.38 Å². The number of carboxylic acids is 1. The number of rotatable bonds is 5. The number of imidazole rings is 1. The second kappa shape index (κ2) is 5.44. The van der Waals surface area contributed by atoms with Gasteiger partial charge >= 0.3 is 5.97 Å². The number of carbonyl (C=O) groups is 1. The summed E-state index contributed by atoms with van der Waals surface area (Å²) in [6.45, 7) is 4.24. The first kappa shape index (κ1) is 13.6. The van der Waals surface area contributed by atoms with Crippen LogP contribution in [0.3, 0.4) is 0 Å². The summed E-state index contributed by atoms with van der Waals surface area (Å²) < 4.78 is 1.92. The van der Waals surface area contributed by atoms with Crippen LogP contribution in [0.15, 0.2) is 17.7 Å². The van der Waals surface area contributed by atoms with Gasteiger partial charge in [-0.15, -0.1) is 11.3 Å². The van der Waals surface area contributed by atoms with Gasteiger partial charge in [0.25, 0.3) is 0 Å². The average molecular weight is 279 g/mol. The Balaban J connectivity index is 2.50. The molecule has 1 atom stereocenters. The second-order valence-corrected chi connectivity index (χ2v) is 5.29. The van der Waals surface area contributed by atoms with E-state index in [0.717, 1.165) is 29.0 Å². The van der Waals surface area contributed by atoms with Gasteiger partial charge in [-0.25, -0.2) is 9.78 Å². The minimum absolute atomic E-state index is 0.349. The number of carboxylic acid groups (broad SMARTS) is 1. The quantitative estimate of drug-likeness (QED) is 0.855. The molecule has 2 aromatic rings. The van der Waals surface area contributed by atoms with Crippen molar-refractivity contribution >= 4 is 34.2 Å². The van der Waals surface area contributed by atoms with Crippen molar-refractivity contribution in [3.05, 3.63) is 23.3 Å². The van der Waals surface area contributed by atoms with Gasteiger partial charge in [0.05, 0.1) is 5.69 Å². The van der Waals surface area contributed by atoms with Gasteiger partial charge in [0, 0.05) is 30.7 Å². The molecule has 0 saturated carbocycles. The highest BCUT2D eigenvalue weighted by Crippen LogP contribution is 2.26. The number of thiazole rings is 1. The predicted octanol–water partition coefficient (Wildman–Crippen LogP) is 2.73. The summed E-state index contributed by atoms with van der Waals surface area (Å²) in [6.07, 6.45) is 5.66. The van der Waals surface area contributed by atoms with Gasteiger partial charge in [0.2, 0.25) is 0 Å². The Hall–Kier alpha value is -1.82. The number of aliphatic carboxylic acids is 1. The Bertz CT molecular complexity index is 614. The maximum absolute atomic E-state index is 10.7. The van der Waals surface area contributed by atoms with Crippen molar-refractivity contribution in [3.8, 4) is 0 Å². The SMILES string of the molecule is CCC(C)N(C)c1nc2sccn2c1/C=C/C(=O)O. The zero-order valence-electron chi connectivity index (χ0n) is 11.2. The van der Waals surface area contributed by atoms with E-state index in [9.17, 15) is 4.79 Å². The summed E-state index contributed by atoms with van der Waals surface area (Å²) in [4.78, 5) is 18.3. The minimum atomic E-state index is -0.956. The normalized spacial score (nSPS) is 13.2. The molecule has 0 aliphatic rings. The van der Waals surface area contributed by atoms with E-state index in [1.165, 1.54) is 11.3 Å². The Labute approximate surface area is 115 Å². The van der Waals surface area contributed by atoms with Crippen LogP contribution in [0, 0.1) is 0 Å². The standard InChI is InChI=1S/C13H17N3O2S/c1-4-9(2)15(3)12-10(5-6-11(17)18)16-7-8-19-13(16)14-12/h5-9H,4H2,1-3H3,(H,17,18)/b6-5+. The molecular weight excluding hydrogens is 262 g/mol. The third-order valence-electron chi connectivity index (χ3n) is 3.25. The summed E-state index contributed by atoms with van der Waals surface area (Å²) in [5.41, 5.74) is 0.807. The smallest absolute Gasteiger partial charge is 0.328 e. The molecular formula is C13H17N3O2S. The molecule has 2 aromatic heterocycles. The van der Waals surface area contributed by atoms with E-state index in [1.54, 1.807) is 6.08 Å². The molecule has 0 radical (unpaired) electrons. The van der Waals surface area contributed by atoms with Gasteiger partial charge in [-0.2, -0.15) is 0 Å². The van der Waals surface area contributed by atoms with E-state index in [2.05, 4.69) is 23.7 Å². The van der Waals surface area contributed by atoms with Crippen molar-refractivity contribution in [2.45, 2.75) is 26.3 Å². The predicted molar refractivity (Wildman–Crippen MR) is 77.9 cm³/mol. The van der Waals surface area contributed by atoms with E-state index < -0.39 is 5.97 Å². The van der Waals surface area contributed by atoms with E-state index >= 15 is 0 Å². The molecule has 5 nitrogen and oxygen atoms in total. The Morgan fingerprint density at radius 3 is 3.05 bits per heavy atom. The molecule has 0 fully saturated rings. The number of hydrogen-bond donors (Lipinski definition) is 1. The van der Waals surface area contributed by atoms with Crippen LogP contribution in [0.1, 0.15) is 26.0 Å². The number of nitrogens with zero attached hydrogens (tertiary/aromatic N) is 3. The van der Waals surface area contributed by atoms with Crippen molar-refractivity contribution in [2.24, 2.45) is 0 Å². The first-order valence-corrected chi connectivity index (χ1v) is 7.02. The van der Waals surface area contributed by atoms with Crippen molar-refractivity contribution < 1.29 is 9.90 Å². The molecule has 0 bridgehead atoms. The van der Waals surface area contributed by atoms with Gasteiger partial charge in [-0.1, -0.05) is 6.92 Å². The van der Waals surface area contributed by atoms with Gasteiger partial charge in [-0.3, -0.25) is 4.40 Å².